The fraction of sp³-hybridized carbons (Fsp3) is 0.318. The van der Waals surface area contributed by atoms with Crippen molar-refractivity contribution in [2.24, 2.45) is 0 Å². The van der Waals surface area contributed by atoms with Gasteiger partial charge in [0.2, 0.25) is 11.8 Å². The molecule has 152 valence electrons. The van der Waals surface area contributed by atoms with Crippen LogP contribution in [0.2, 0.25) is 0 Å². The zero-order chi connectivity index (χ0) is 20.8. The van der Waals surface area contributed by atoms with Gasteiger partial charge in [0.1, 0.15) is 19.0 Å². The lowest BCUT2D eigenvalue weighted by molar-refractivity contribution is -0.124. The second-order valence-electron chi connectivity index (χ2n) is 6.93. The first-order chi connectivity index (χ1) is 14.0. The van der Waals surface area contributed by atoms with Gasteiger partial charge in [-0.2, -0.15) is 0 Å². The summed E-state index contributed by atoms with van der Waals surface area (Å²) in [6, 6.07) is 13.6. The van der Waals surface area contributed by atoms with Crippen LogP contribution in [0, 0.1) is 13.8 Å². The molecule has 0 unspecified atom stereocenters. The Bertz CT molecular complexity index is 1030. The lowest BCUT2D eigenvalue weighted by Gasteiger charge is -2.13. The van der Waals surface area contributed by atoms with Gasteiger partial charge in [-0.15, -0.1) is 0 Å². The number of ether oxygens (including phenoxy) is 1. The Morgan fingerprint density at radius 3 is 2.66 bits per heavy atom. The summed E-state index contributed by atoms with van der Waals surface area (Å²) in [5.41, 5.74) is 4.71. The van der Waals surface area contributed by atoms with Crippen LogP contribution in [-0.4, -0.2) is 41.6 Å². The van der Waals surface area contributed by atoms with Crippen molar-refractivity contribution in [3.8, 4) is 0 Å². The minimum absolute atomic E-state index is 0.0225. The number of rotatable bonds is 8. The molecule has 0 aliphatic heterocycles. The fourth-order valence-corrected chi connectivity index (χ4v) is 3.21. The number of nitrogens with one attached hydrogen (secondary N) is 2. The summed E-state index contributed by atoms with van der Waals surface area (Å²) in [4.78, 5) is 29.0. The number of imidazole rings is 1. The fourth-order valence-electron chi connectivity index (χ4n) is 3.21. The molecule has 29 heavy (non-hydrogen) atoms. The van der Waals surface area contributed by atoms with Crippen molar-refractivity contribution in [3.05, 3.63) is 59.4 Å². The van der Waals surface area contributed by atoms with Crippen molar-refractivity contribution in [2.45, 2.75) is 26.8 Å². The van der Waals surface area contributed by atoms with Crippen LogP contribution in [-0.2, 0) is 27.3 Å². The topological polar surface area (TPSA) is 85.2 Å². The first-order valence-corrected chi connectivity index (χ1v) is 9.55. The molecule has 0 spiro atoms. The van der Waals surface area contributed by atoms with Gasteiger partial charge in [0.05, 0.1) is 11.0 Å². The maximum Gasteiger partial charge on any atom is 0.245 e. The summed E-state index contributed by atoms with van der Waals surface area (Å²) in [6.45, 7) is 4.60. The van der Waals surface area contributed by atoms with Crippen LogP contribution in [0.25, 0.3) is 11.0 Å². The van der Waals surface area contributed by atoms with Crippen LogP contribution in [0.15, 0.2) is 42.5 Å². The molecule has 0 atom stereocenters. The van der Waals surface area contributed by atoms with Gasteiger partial charge in [-0.25, -0.2) is 4.98 Å². The van der Waals surface area contributed by atoms with Crippen LogP contribution in [0.3, 0.4) is 0 Å². The largest absolute Gasteiger partial charge is 0.375 e. The number of carbonyl (C=O) groups is 2. The van der Waals surface area contributed by atoms with Gasteiger partial charge >= 0.3 is 0 Å². The molecule has 3 rings (SSSR count). The van der Waals surface area contributed by atoms with Crippen LogP contribution < -0.4 is 10.6 Å². The van der Waals surface area contributed by atoms with E-state index in [1.54, 1.807) is 0 Å². The Morgan fingerprint density at radius 1 is 1.07 bits per heavy atom. The van der Waals surface area contributed by atoms with Crippen LogP contribution in [0.4, 0.5) is 5.69 Å². The highest BCUT2D eigenvalue weighted by atomic mass is 16.5. The molecular formula is C22H26N4O3. The number of nitrogens with zero attached hydrogens (tertiary/aromatic N) is 2. The van der Waals surface area contributed by atoms with Gasteiger partial charge in [-0.3, -0.25) is 9.59 Å². The third-order valence-electron chi connectivity index (χ3n) is 4.86. The van der Waals surface area contributed by atoms with Crippen molar-refractivity contribution >= 4 is 28.5 Å². The molecule has 0 aliphatic carbocycles. The number of benzene rings is 2. The number of aryl methyl sites for hydroxylation is 1. The average molecular weight is 394 g/mol. The second-order valence-corrected chi connectivity index (χ2v) is 6.93. The predicted molar refractivity (Wildman–Crippen MR) is 113 cm³/mol. The van der Waals surface area contributed by atoms with Gasteiger partial charge in [0.15, 0.2) is 0 Å². The quantitative estimate of drug-likeness (QED) is 0.615. The molecule has 3 aromatic rings. The zero-order valence-electron chi connectivity index (χ0n) is 17.0. The summed E-state index contributed by atoms with van der Waals surface area (Å²) >= 11 is 0. The average Bonchev–Trinajstić information content (AvgIpc) is 3.03. The zero-order valence-corrected chi connectivity index (χ0v) is 17.0. The molecule has 7 heteroatoms. The molecule has 1 aromatic heterocycles. The monoisotopic (exact) mass is 394 g/mol. The minimum atomic E-state index is -0.178. The summed E-state index contributed by atoms with van der Waals surface area (Å²) in [7, 11) is 1.48. The van der Waals surface area contributed by atoms with Crippen molar-refractivity contribution in [3.63, 3.8) is 0 Å². The first kappa shape index (κ1) is 20.5. The number of fused-ring (bicyclic) bond motifs is 1. The lowest BCUT2D eigenvalue weighted by Crippen LogP contribution is -2.30. The molecule has 0 radical (unpaired) electrons. The van der Waals surface area contributed by atoms with E-state index in [1.165, 1.54) is 7.11 Å². The summed E-state index contributed by atoms with van der Waals surface area (Å²) in [6.07, 6.45) is 0.515. The van der Waals surface area contributed by atoms with E-state index in [0.717, 1.165) is 33.7 Å². The third-order valence-corrected chi connectivity index (χ3v) is 4.86. The molecule has 7 nitrogen and oxygen atoms in total. The number of amides is 2. The van der Waals surface area contributed by atoms with E-state index >= 15 is 0 Å². The highest BCUT2D eigenvalue weighted by Gasteiger charge is 2.14. The number of methoxy groups -OCH3 is 1. The molecule has 2 aromatic carbocycles. The molecule has 0 fully saturated rings. The third kappa shape index (κ3) is 5.00. The highest BCUT2D eigenvalue weighted by molar-refractivity contribution is 5.92. The molecule has 0 saturated heterocycles. The molecule has 2 amide bonds. The van der Waals surface area contributed by atoms with Crippen molar-refractivity contribution in [1.29, 1.82) is 0 Å². The maximum absolute atomic E-state index is 12.8. The Labute approximate surface area is 170 Å². The van der Waals surface area contributed by atoms with Crippen LogP contribution in [0.5, 0.6) is 0 Å². The molecular weight excluding hydrogens is 368 g/mol. The SMILES string of the molecule is COCC(=O)NCCc1nc2ccccc2n1CC(=O)Nc1cccc(C)c1C. The number of aromatic nitrogens is 2. The van der Waals surface area contributed by atoms with E-state index < -0.39 is 0 Å². The normalized spacial score (nSPS) is 10.9. The standard InChI is InChI=1S/C22H26N4O3/c1-15-7-6-9-17(16(15)2)25-21(27)13-26-19-10-5-4-8-18(19)24-20(26)11-12-23-22(28)14-29-3/h4-10H,11-14H2,1-3H3,(H,23,28)(H,25,27). The van der Waals surface area contributed by atoms with Gasteiger partial charge in [0, 0.05) is 25.8 Å². The summed E-state index contributed by atoms with van der Waals surface area (Å²) < 4.78 is 6.72. The van der Waals surface area contributed by atoms with E-state index in [2.05, 4.69) is 15.6 Å². The van der Waals surface area contributed by atoms with Crippen LogP contribution in [0.1, 0.15) is 17.0 Å². The summed E-state index contributed by atoms with van der Waals surface area (Å²) in [5, 5.41) is 5.79. The maximum atomic E-state index is 12.8. The first-order valence-electron chi connectivity index (χ1n) is 9.55. The van der Waals surface area contributed by atoms with E-state index in [0.29, 0.717) is 13.0 Å². The van der Waals surface area contributed by atoms with E-state index in [1.807, 2.05) is 60.9 Å². The van der Waals surface area contributed by atoms with E-state index in [-0.39, 0.29) is 25.0 Å². The van der Waals surface area contributed by atoms with E-state index in [9.17, 15) is 9.59 Å². The Morgan fingerprint density at radius 2 is 1.86 bits per heavy atom. The van der Waals surface area contributed by atoms with Gasteiger partial charge in [-0.1, -0.05) is 24.3 Å². The van der Waals surface area contributed by atoms with Gasteiger partial charge < -0.3 is 19.9 Å². The minimum Gasteiger partial charge on any atom is -0.375 e. The summed E-state index contributed by atoms with van der Waals surface area (Å²) in [5.74, 6) is 0.453. The number of anilines is 1. The van der Waals surface area contributed by atoms with Crippen molar-refractivity contribution < 1.29 is 14.3 Å². The number of para-hydroxylation sites is 2. The Balaban J connectivity index is 1.77. The van der Waals surface area contributed by atoms with Gasteiger partial charge in [0.25, 0.3) is 0 Å². The smallest absolute Gasteiger partial charge is 0.245 e. The molecule has 0 saturated carbocycles. The molecule has 0 aliphatic rings. The number of hydrogen-bond acceptors (Lipinski definition) is 4. The lowest BCUT2D eigenvalue weighted by atomic mass is 10.1. The van der Waals surface area contributed by atoms with Gasteiger partial charge in [-0.05, 0) is 43.2 Å². The van der Waals surface area contributed by atoms with E-state index in [4.69, 9.17) is 4.74 Å². The molecule has 2 N–H and O–H groups in total. The molecule has 0 bridgehead atoms. The van der Waals surface area contributed by atoms with Crippen molar-refractivity contribution in [1.82, 2.24) is 14.9 Å². The van der Waals surface area contributed by atoms with Crippen molar-refractivity contribution in [2.75, 3.05) is 25.6 Å². The Kier molecular flexibility index (Phi) is 6.61. The molecule has 1 heterocycles. The predicted octanol–water partition coefficient (Wildman–Crippen LogP) is 2.60. The number of carbonyl (C=O) groups excluding carboxylic acids is 2. The Hall–Kier alpha value is -3.19. The highest BCUT2D eigenvalue weighted by Crippen LogP contribution is 2.19. The van der Waals surface area contributed by atoms with Crippen LogP contribution >= 0.6 is 0 Å². The number of hydrogen-bond donors (Lipinski definition) is 2. The second kappa shape index (κ2) is 9.34.